The molecule has 2 bridgehead atoms. The number of fused-ring (bicyclic) bond motifs is 2. The van der Waals surface area contributed by atoms with Gasteiger partial charge in [0.2, 0.25) is 0 Å². The molecule has 3 aromatic rings. The summed E-state index contributed by atoms with van der Waals surface area (Å²) in [6.07, 6.45) is 5.14. The third kappa shape index (κ3) is 2.82. The van der Waals surface area contributed by atoms with Crippen LogP contribution >= 0.6 is 0 Å². The van der Waals surface area contributed by atoms with Crippen molar-refractivity contribution in [1.82, 2.24) is 14.8 Å². The molecule has 1 fully saturated rings. The Morgan fingerprint density at radius 1 is 1.11 bits per heavy atom. The normalized spacial score (nSPS) is 20.6. The van der Waals surface area contributed by atoms with Gasteiger partial charge in [-0.05, 0) is 55.2 Å². The molecule has 6 heteroatoms. The lowest BCUT2D eigenvalue weighted by molar-refractivity contribution is -0.113. The average molecular weight is 372 g/mol. The summed E-state index contributed by atoms with van der Waals surface area (Å²) in [4.78, 5) is 17.2. The lowest BCUT2D eigenvalue weighted by atomic mass is 9.87. The van der Waals surface area contributed by atoms with Gasteiger partial charge in [0.25, 0.3) is 5.91 Å². The van der Waals surface area contributed by atoms with Gasteiger partial charge in [0.05, 0.1) is 23.5 Å². The fourth-order valence-electron chi connectivity index (χ4n) is 4.10. The van der Waals surface area contributed by atoms with Gasteiger partial charge in [0.1, 0.15) is 0 Å². The number of ether oxygens (including phenoxy) is 1. The third-order valence-corrected chi connectivity index (χ3v) is 5.32. The zero-order valence-electron chi connectivity index (χ0n) is 15.5. The molecule has 2 aliphatic heterocycles. The van der Waals surface area contributed by atoms with Crippen molar-refractivity contribution in [3.8, 4) is 5.69 Å². The van der Waals surface area contributed by atoms with E-state index in [0.29, 0.717) is 5.82 Å². The molecule has 6 nitrogen and oxygen atoms in total. The summed E-state index contributed by atoms with van der Waals surface area (Å²) in [5, 5.41) is 7.54. The molecular formula is C22H20N4O2. The summed E-state index contributed by atoms with van der Waals surface area (Å²) in [7, 11) is 0. The molecule has 0 spiro atoms. The summed E-state index contributed by atoms with van der Waals surface area (Å²) in [5.74, 6) is 0.396. The highest BCUT2D eigenvalue weighted by atomic mass is 16.5. The molecule has 5 rings (SSSR count). The van der Waals surface area contributed by atoms with Crippen molar-refractivity contribution in [2.45, 2.75) is 32.0 Å². The predicted molar refractivity (Wildman–Crippen MR) is 106 cm³/mol. The molecule has 140 valence electrons. The van der Waals surface area contributed by atoms with Crippen LogP contribution in [0.3, 0.4) is 0 Å². The van der Waals surface area contributed by atoms with Gasteiger partial charge < -0.3 is 10.1 Å². The van der Waals surface area contributed by atoms with Crippen molar-refractivity contribution in [2.24, 2.45) is 0 Å². The number of carbonyl (C=O) groups is 1. The zero-order valence-corrected chi connectivity index (χ0v) is 15.5. The first-order valence-electron chi connectivity index (χ1n) is 9.44. The summed E-state index contributed by atoms with van der Waals surface area (Å²) < 4.78 is 7.85. The minimum absolute atomic E-state index is 0.0169. The number of pyridine rings is 1. The first kappa shape index (κ1) is 16.9. The zero-order chi connectivity index (χ0) is 19.1. The van der Waals surface area contributed by atoms with Crippen LogP contribution in [0.15, 0.2) is 66.5 Å². The molecule has 0 radical (unpaired) electrons. The molecule has 2 aliphatic rings. The molecule has 1 aromatic carbocycles. The number of hydrogen-bond acceptors (Lipinski definition) is 4. The second kappa shape index (κ2) is 6.73. The minimum atomic E-state index is -0.148. The molecular weight excluding hydrogens is 352 g/mol. The largest absolute Gasteiger partial charge is 0.365 e. The second-order valence-electron chi connectivity index (χ2n) is 7.13. The fourth-order valence-corrected chi connectivity index (χ4v) is 4.10. The van der Waals surface area contributed by atoms with E-state index in [-0.39, 0.29) is 18.1 Å². The van der Waals surface area contributed by atoms with Crippen molar-refractivity contribution in [2.75, 3.05) is 5.32 Å². The van der Waals surface area contributed by atoms with E-state index in [4.69, 9.17) is 4.74 Å². The Kier molecular flexibility index (Phi) is 4.06. The first-order valence-corrected chi connectivity index (χ1v) is 9.44. The number of rotatable bonds is 4. The van der Waals surface area contributed by atoms with E-state index in [1.165, 1.54) is 0 Å². The molecule has 0 unspecified atom stereocenters. The minimum Gasteiger partial charge on any atom is -0.365 e. The second-order valence-corrected chi connectivity index (χ2v) is 7.13. The van der Waals surface area contributed by atoms with E-state index in [1.54, 1.807) is 12.4 Å². The topological polar surface area (TPSA) is 69.0 Å². The molecule has 4 heterocycles. The lowest BCUT2D eigenvalue weighted by Crippen LogP contribution is -2.23. The number of hydrogen-bond donors (Lipinski definition) is 1. The van der Waals surface area contributed by atoms with Crippen LogP contribution in [-0.2, 0) is 9.53 Å². The van der Waals surface area contributed by atoms with E-state index in [2.05, 4.69) is 15.4 Å². The lowest BCUT2D eigenvalue weighted by Gasteiger charge is -2.16. The van der Waals surface area contributed by atoms with Crippen molar-refractivity contribution in [3.63, 3.8) is 0 Å². The van der Waals surface area contributed by atoms with Gasteiger partial charge in [0, 0.05) is 24.2 Å². The van der Waals surface area contributed by atoms with Crippen molar-refractivity contribution >= 4 is 17.3 Å². The van der Waals surface area contributed by atoms with Crippen molar-refractivity contribution < 1.29 is 9.53 Å². The van der Waals surface area contributed by atoms with Gasteiger partial charge in [-0.25, -0.2) is 4.68 Å². The highest BCUT2D eigenvalue weighted by Crippen LogP contribution is 2.44. The number of aromatic nitrogens is 3. The molecule has 0 aliphatic carbocycles. The van der Waals surface area contributed by atoms with Crippen LogP contribution < -0.4 is 5.32 Å². The van der Waals surface area contributed by atoms with Gasteiger partial charge >= 0.3 is 0 Å². The van der Waals surface area contributed by atoms with Crippen LogP contribution in [0.5, 0.6) is 0 Å². The molecule has 2 aromatic heterocycles. The van der Waals surface area contributed by atoms with E-state index >= 15 is 0 Å². The maximum atomic E-state index is 13.1. The van der Waals surface area contributed by atoms with Crippen LogP contribution in [0.2, 0.25) is 0 Å². The van der Waals surface area contributed by atoms with E-state index in [9.17, 15) is 4.79 Å². The fraction of sp³-hybridized carbons (Fsp3) is 0.227. The Bertz CT molecular complexity index is 1060. The Morgan fingerprint density at radius 3 is 2.64 bits per heavy atom. The molecule has 2 atom stereocenters. The molecule has 1 N–H and O–H groups in total. The van der Waals surface area contributed by atoms with Crippen LogP contribution in [0.4, 0.5) is 5.82 Å². The number of benzene rings is 1. The molecule has 0 saturated carbocycles. The first-order chi connectivity index (χ1) is 13.7. The van der Waals surface area contributed by atoms with Crippen LogP contribution in [0.25, 0.3) is 11.3 Å². The number of nitrogens with one attached hydrogen (secondary N) is 1. The Hall–Kier alpha value is -3.25. The monoisotopic (exact) mass is 372 g/mol. The number of anilines is 1. The van der Waals surface area contributed by atoms with E-state index in [0.717, 1.165) is 40.9 Å². The predicted octanol–water partition coefficient (Wildman–Crippen LogP) is 3.53. The molecule has 1 amide bonds. The maximum Gasteiger partial charge on any atom is 0.255 e. The van der Waals surface area contributed by atoms with E-state index in [1.807, 2.05) is 60.1 Å². The van der Waals surface area contributed by atoms with Crippen LogP contribution in [0.1, 0.15) is 24.1 Å². The highest BCUT2D eigenvalue weighted by molar-refractivity contribution is 6.10. The third-order valence-electron chi connectivity index (χ3n) is 5.32. The van der Waals surface area contributed by atoms with Gasteiger partial charge in [-0.3, -0.25) is 9.78 Å². The molecule has 28 heavy (non-hydrogen) atoms. The number of carbonyl (C=O) groups excluding carboxylic acids is 1. The van der Waals surface area contributed by atoms with Gasteiger partial charge in [-0.1, -0.05) is 18.2 Å². The molecule has 1 saturated heterocycles. The van der Waals surface area contributed by atoms with Crippen LogP contribution in [-0.4, -0.2) is 32.9 Å². The van der Waals surface area contributed by atoms with E-state index < -0.39 is 0 Å². The van der Waals surface area contributed by atoms with Crippen molar-refractivity contribution in [1.29, 1.82) is 0 Å². The number of para-hydroxylation sites is 1. The van der Waals surface area contributed by atoms with Gasteiger partial charge in [-0.15, -0.1) is 5.10 Å². The van der Waals surface area contributed by atoms with Gasteiger partial charge in [-0.2, -0.15) is 0 Å². The highest BCUT2D eigenvalue weighted by Gasteiger charge is 2.43. The number of aryl methyl sites for hydroxylation is 1. The number of amides is 1. The van der Waals surface area contributed by atoms with Crippen LogP contribution in [0, 0.1) is 6.92 Å². The summed E-state index contributed by atoms with van der Waals surface area (Å²) in [6.45, 7) is 1.97. The summed E-state index contributed by atoms with van der Waals surface area (Å²) >= 11 is 0. The Labute approximate surface area is 162 Å². The maximum absolute atomic E-state index is 13.1. The average Bonchev–Trinajstić information content (AvgIpc) is 3.43. The number of nitrogens with zero attached hydrogens (tertiary/aromatic N) is 3. The van der Waals surface area contributed by atoms with Crippen molar-refractivity contribution in [3.05, 3.63) is 77.8 Å². The quantitative estimate of drug-likeness (QED) is 0.761. The smallest absolute Gasteiger partial charge is 0.255 e. The SMILES string of the molecule is Cc1cc(NC(=O)C2=C(c3ccncc3)[C@@H]3CC[C@@H]2O3)nn1-c1ccccc1. The standard InChI is InChI=1S/C22H20N4O2/c1-14-13-19(25-26(14)16-5-3-2-4-6-16)24-22(27)21-18-8-7-17(28-18)20(21)15-9-11-23-12-10-15/h2-6,9-13,17-18H,7-8H2,1H3,(H,24,25,27)/t17-,18-/m0/s1. The van der Waals surface area contributed by atoms with Gasteiger partial charge in [0.15, 0.2) is 5.82 Å². The summed E-state index contributed by atoms with van der Waals surface area (Å²) in [6, 6.07) is 15.6. The summed E-state index contributed by atoms with van der Waals surface area (Å²) in [5.41, 5.74) is 4.61. The Balaban J connectivity index is 1.46. The Morgan fingerprint density at radius 2 is 1.86 bits per heavy atom.